The molecule has 1 rings (SSSR count). The number of aromatic nitrogens is 1. The molecule has 124 valence electrons. The predicted molar refractivity (Wildman–Crippen MR) is 101 cm³/mol. The first-order valence-electron chi connectivity index (χ1n) is 6.85. The van der Waals surface area contributed by atoms with Crippen LogP contribution in [0.4, 0.5) is 0 Å². The molecule has 0 aliphatic carbocycles. The summed E-state index contributed by atoms with van der Waals surface area (Å²) in [5, 5.41) is 6.78. The van der Waals surface area contributed by atoms with E-state index in [2.05, 4.69) is 20.6 Å². The Morgan fingerprint density at radius 1 is 1.36 bits per heavy atom. The van der Waals surface area contributed by atoms with Gasteiger partial charge in [-0.15, -0.1) is 24.0 Å². The molecule has 0 bridgehead atoms. The number of hydrogen-bond donors (Lipinski definition) is 2. The molecule has 0 unspecified atom stereocenters. The average molecular weight is 440 g/mol. The molecule has 1 amide bonds. The summed E-state index contributed by atoms with van der Waals surface area (Å²) in [5.41, 5.74) is 1.09. The number of carbonyl (C=O) groups excluding carboxylic acids is 1. The Morgan fingerprint density at radius 2 is 2.09 bits per heavy atom. The largest absolute Gasteiger partial charge is 0.357 e. The number of nitrogens with one attached hydrogen (secondary N) is 2. The highest BCUT2D eigenvalue weighted by atomic mass is 127. The summed E-state index contributed by atoms with van der Waals surface area (Å²) in [6.45, 7) is 3.55. The normalized spacial score (nSPS) is 10.6. The number of nitrogens with zero attached hydrogens (tertiary/aromatic N) is 3. The lowest BCUT2D eigenvalue weighted by Gasteiger charge is -2.12. The Kier molecular flexibility index (Phi) is 10.9. The van der Waals surface area contributed by atoms with Crippen molar-refractivity contribution in [3.63, 3.8) is 0 Å². The standard InChI is InChI=1S/C14H22ClN5O.HI/c1-4-16-14(19-10-13(21)20(2)3)17-8-7-11-5-6-12(15)18-9-11;/h5-6,9H,4,7-8,10H2,1-3H3,(H2,16,17,19);1H. The van der Waals surface area contributed by atoms with Gasteiger partial charge in [0.05, 0.1) is 0 Å². The van der Waals surface area contributed by atoms with Crippen molar-refractivity contribution < 1.29 is 4.79 Å². The second-order valence-corrected chi connectivity index (χ2v) is 5.04. The van der Waals surface area contributed by atoms with Crippen LogP contribution in [0.3, 0.4) is 0 Å². The zero-order valence-corrected chi connectivity index (χ0v) is 16.2. The number of aliphatic imine (C=N–C) groups is 1. The van der Waals surface area contributed by atoms with E-state index in [4.69, 9.17) is 11.6 Å². The second-order valence-electron chi connectivity index (χ2n) is 4.65. The lowest BCUT2D eigenvalue weighted by molar-refractivity contribution is -0.127. The van der Waals surface area contributed by atoms with Gasteiger partial charge in [-0.1, -0.05) is 17.7 Å². The SMILES string of the molecule is CCNC(=NCC(=O)N(C)C)NCCc1ccc(Cl)nc1.I. The minimum atomic E-state index is -0.0332. The summed E-state index contributed by atoms with van der Waals surface area (Å²) in [5.74, 6) is 0.601. The van der Waals surface area contributed by atoms with Crippen molar-refractivity contribution in [2.24, 2.45) is 4.99 Å². The first kappa shape index (κ1) is 20.9. The summed E-state index contributed by atoms with van der Waals surface area (Å²) in [4.78, 5) is 21.3. The zero-order chi connectivity index (χ0) is 15.7. The summed E-state index contributed by atoms with van der Waals surface area (Å²) in [6, 6.07) is 3.71. The van der Waals surface area contributed by atoms with Crippen molar-refractivity contribution >= 4 is 47.4 Å². The van der Waals surface area contributed by atoms with Gasteiger partial charge in [-0.25, -0.2) is 9.98 Å². The third-order valence-electron chi connectivity index (χ3n) is 2.71. The van der Waals surface area contributed by atoms with Gasteiger partial charge in [0.25, 0.3) is 0 Å². The van der Waals surface area contributed by atoms with Gasteiger partial charge in [0, 0.05) is 33.4 Å². The van der Waals surface area contributed by atoms with Gasteiger partial charge < -0.3 is 15.5 Å². The second kappa shape index (κ2) is 11.5. The Hall–Kier alpha value is -1.09. The molecular weight excluding hydrogens is 417 g/mol. The van der Waals surface area contributed by atoms with Crippen molar-refractivity contribution in [2.75, 3.05) is 33.7 Å². The molecule has 1 heterocycles. The summed E-state index contributed by atoms with van der Waals surface area (Å²) in [6.07, 6.45) is 2.56. The van der Waals surface area contributed by atoms with E-state index in [1.54, 1.807) is 26.4 Å². The highest BCUT2D eigenvalue weighted by molar-refractivity contribution is 14.0. The number of amides is 1. The third-order valence-corrected chi connectivity index (χ3v) is 2.93. The molecule has 1 aromatic heterocycles. The Bertz CT molecular complexity index is 479. The van der Waals surface area contributed by atoms with Crippen LogP contribution in [-0.4, -0.2) is 55.5 Å². The van der Waals surface area contributed by atoms with E-state index < -0.39 is 0 Å². The predicted octanol–water partition coefficient (Wildman–Crippen LogP) is 1.54. The van der Waals surface area contributed by atoms with Crippen LogP contribution in [0.5, 0.6) is 0 Å². The van der Waals surface area contributed by atoms with Gasteiger partial charge in [0.15, 0.2) is 5.96 Å². The van der Waals surface area contributed by atoms with Crippen LogP contribution < -0.4 is 10.6 Å². The molecule has 0 fully saturated rings. The van der Waals surface area contributed by atoms with Crippen molar-refractivity contribution in [1.29, 1.82) is 0 Å². The van der Waals surface area contributed by atoms with E-state index in [1.807, 2.05) is 13.0 Å². The molecular formula is C14H23ClIN5O. The molecule has 0 aromatic carbocycles. The van der Waals surface area contributed by atoms with E-state index in [1.165, 1.54) is 4.90 Å². The summed E-state index contributed by atoms with van der Waals surface area (Å²) in [7, 11) is 3.43. The first-order chi connectivity index (χ1) is 10.0. The van der Waals surface area contributed by atoms with Crippen molar-refractivity contribution in [3.05, 3.63) is 29.0 Å². The van der Waals surface area contributed by atoms with Gasteiger partial charge in [-0.2, -0.15) is 0 Å². The zero-order valence-electron chi connectivity index (χ0n) is 13.1. The number of rotatable bonds is 6. The van der Waals surface area contributed by atoms with E-state index in [0.717, 1.165) is 18.5 Å². The molecule has 0 atom stereocenters. The summed E-state index contributed by atoms with van der Waals surface area (Å²) < 4.78 is 0. The number of halogens is 2. The fourth-order valence-electron chi connectivity index (χ4n) is 1.51. The fraction of sp³-hybridized carbons (Fsp3) is 0.500. The van der Waals surface area contributed by atoms with Gasteiger partial charge in [-0.3, -0.25) is 4.79 Å². The lowest BCUT2D eigenvalue weighted by atomic mass is 10.2. The molecule has 1 aromatic rings. The molecule has 0 aliphatic heterocycles. The minimum absolute atomic E-state index is 0. The number of carbonyl (C=O) groups is 1. The Labute approximate surface area is 153 Å². The molecule has 0 radical (unpaired) electrons. The van der Waals surface area contributed by atoms with Crippen LogP contribution in [0.2, 0.25) is 5.15 Å². The first-order valence-corrected chi connectivity index (χ1v) is 7.23. The van der Waals surface area contributed by atoms with E-state index >= 15 is 0 Å². The van der Waals surface area contributed by atoms with Gasteiger partial charge in [-0.05, 0) is 25.0 Å². The van der Waals surface area contributed by atoms with Gasteiger partial charge in [0.2, 0.25) is 5.91 Å². The minimum Gasteiger partial charge on any atom is -0.357 e. The molecule has 0 spiro atoms. The molecule has 2 N–H and O–H groups in total. The molecule has 6 nitrogen and oxygen atoms in total. The maximum absolute atomic E-state index is 11.5. The van der Waals surface area contributed by atoms with Crippen LogP contribution in [0, 0.1) is 0 Å². The molecule has 0 saturated heterocycles. The van der Waals surface area contributed by atoms with E-state index in [-0.39, 0.29) is 36.4 Å². The smallest absolute Gasteiger partial charge is 0.243 e. The van der Waals surface area contributed by atoms with Gasteiger partial charge in [0.1, 0.15) is 11.7 Å². The number of likely N-dealkylation sites (N-methyl/N-ethyl adjacent to an activating group) is 1. The van der Waals surface area contributed by atoms with Crippen LogP contribution in [0.25, 0.3) is 0 Å². The highest BCUT2D eigenvalue weighted by Gasteiger charge is 2.04. The number of guanidine groups is 1. The number of pyridine rings is 1. The monoisotopic (exact) mass is 439 g/mol. The third kappa shape index (κ3) is 8.38. The van der Waals surface area contributed by atoms with Crippen molar-refractivity contribution in [3.8, 4) is 0 Å². The summed E-state index contributed by atoms with van der Waals surface area (Å²) >= 11 is 5.74. The fourth-order valence-corrected chi connectivity index (χ4v) is 1.62. The van der Waals surface area contributed by atoms with E-state index in [9.17, 15) is 4.79 Å². The Morgan fingerprint density at radius 3 is 2.64 bits per heavy atom. The van der Waals surface area contributed by atoms with Crippen LogP contribution in [0.1, 0.15) is 12.5 Å². The highest BCUT2D eigenvalue weighted by Crippen LogP contribution is 2.05. The van der Waals surface area contributed by atoms with Crippen molar-refractivity contribution in [2.45, 2.75) is 13.3 Å². The van der Waals surface area contributed by atoms with Crippen LogP contribution in [-0.2, 0) is 11.2 Å². The van der Waals surface area contributed by atoms with E-state index in [0.29, 0.717) is 17.7 Å². The topological polar surface area (TPSA) is 69.6 Å². The lowest BCUT2D eigenvalue weighted by Crippen LogP contribution is -2.39. The maximum atomic E-state index is 11.5. The quantitative estimate of drug-likeness (QED) is 0.305. The van der Waals surface area contributed by atoms with Crippen molar-refractivity contribution in [1.82, 2.24) is 20.5 Å². The maximum Gasteiger partial charge on any atom is 0.243 e. The molecule has 0 aliphatic rings. The van der Waals surface area contributed by atoms with Gasteiger partial charge >= 0.3 is 0 Å². The van der Waals surface area contributed by atoms with Crippen LogP contribution in [0.15, 0.2) is 23.3 Å². The Balaban J connectivity index is 0.00000441. The van der Waals surface area contributed by atoms with Crippen LogP contribution >= 0.6 is 35.6 Å². The number of hydrogen-bond acceptors (Lipinski definition) is 3. The molecule has 22 heavy (non-hydrogen) atoms. The molecule has 0 saturated carbocycles. The molecule has 8 heteroatoms. The average Bonchev–Trinajstić information content (AvgIpc) is 2.46.